The van der Waals surface area contributed by atoms with Crippen molar-refractivity contribution in [3.63, 3.8) is 0 Å². The van der Waals surface area contributed by atoms with E-state index in [2.05, 4.69) is 30.3 Å². The third kappa shape index (κ3) is 6.40. The van der Waals surface area contributed by atoms with E-state index in [0.29, 0.717) is 0 Å². The summed E-state index contributed by atoms with van der Waals surface area (Å²) in [5, 5.41) is 12.5. The quantitative estimate of drug-likeness (QED) is 0.732. The molecule has 0 aromatic rings. The van der Waals surface area contributed by atoms with Crippen LogP contribution in [0.1, 0.15) is 58.8 Å². The number of nitriles is 1. The van der Waals surface area contributed by atoms with Gasteiger partial charge in [-0.15, -0.1) is 0 Å². The van der Waals surface area contributed by atoms with Crippen molar-refractivity contribution in [3.8, 4) is 6.07 Å². The fourth-order valence-corrected chi connectivity index (χ4v) is 3.18. The Balaban J connectivity index is 2.18. The first kappa shape index (κ1) is 16.5. The van der Waals surface area contributed by atoms with Gasteiger partial charge in [0.1, 0.15) is 5.54 Å². The van der Waals surface area contributed by atoms with Crippen molar-refractivity contribution >= 4 is 0 Å². The topological polar surface area (TPSA) is 39.1 Å². The van der Waals surface area contributed by atoms with Gasteiger partial charge in [-0.2, -0.15) is 5.26 Å². The van der Waals surface area contributed by atoms with Gasteiger partial charge in [-0.05, 0) is 58.7 Å². The second-order valence-electron chi connectivity index (χ2n) is 6.34. The van der Waals surface area contributed by atoms with Gasteiger partial charge in [0.05, 0.1) is 6.07 Å². The van der Waals surface area contributed by atoms with E-state index in [-0.39, 0.29) is 5.54 Å². The van der Waals surface area contributed by atoms with Crippen LogP contribution in [-0.2, 0) is 0 Å². The van der Waals surface area contributed by atoms with Crippen molar-refractivity contribution in [3.05, 3.63) is 0 Å². The van der Waals surface area contributed by atoms with Gasteiger partial charge in [0.25, 0.3) is 0 Å². The van der Waals surface area contributed by atoms with Crippen molar-refractivity contribution in [1.29, 1.82) is 5.26 Å². The summed E-state index contributed by atoms with van der Waals surface area (Å²) in [4.78, 5) is 2.46. The molecule has 19 heavy (non-hydrogen) atoms. The lowest BCUT2D eigenvalue weighted by atomic mass is 9.89. The summed E-state index contributed by atoms with van der Waals surface area (Å²) in [7, 11) is 2.23. The van der Waals surface area contributed by atoms with Gasteiger partial charge in [-0.25, -0.2) is 0 Å². The maximum atomic E-state index is 9.22. The van der Waals surface area contributed by atoms with Gasteiger partial charge in [0.15, 0.2) is 0 Å². The number of hydrogen-bond donors (Lipinski definition) is 1. The third-order valence-corrected chi connectivity index (χ3v) is 4.32. The smallest absolute Gasteiger partial charge is 0.103 e. The van der Waals surface area contributed by atoms with Crippen molar-refractivity contribution < 1.29 is 0 Å². The third-order valence-electron chi connectivity index (χ3n) is 4.32. The fraction of sp³-hybridized carbons (Fsp3) is 0.938. The lowest BCUT2D eigenvalue weighted by molar-refractivity contribution is 0.226. The maximum Gasteiger partial charge on any atom is 0.103 e. The molecule has 0 saturated heterocycles. The van der Waals surface area contributed by atoms with Crippen LogP contribution < -0.4 is 5.32 Å². The second kappa shape index (κ2) is 8.55. The predicted molar refractivity (Wildman–Crippen MR) is 81.0 cm³/mol. The van der Waals surface area contributed by atoms with Crippen LogP contribution in [0.4, 0.5) is 0 Å². The Labute approximate surface area is 119 Å². The van der Waals surface area contributed by atoms with Crippen molar-refractivity contribution in [2.45, 2.75) is 64.3 Å². The molecular formula is C16H31N3. The largest absolute Gasteiger partial charge is 0.306 e. The molecule has 1 aliphatic rings. The zero-order valence-corrected chi connectivity index (χ0v) is 13.0. The average molecular weight is 265 g/mol. The molecule has 0 aromatic heterocycles. The molecular weight excluding hydrogens is 234 g/mol. The standard InChI is InChI=1S/C16H31N3/c1-4-18-16(2,14-17)11-8-12-19(3)13-15-9-6-5-7-10-15/h15,18H,4-13H2,1-3H3. The summed E-state index contributed by atoms with van der Waals surface area (Å²) in [5.41, 5.74) is -0.347. The molecule has 1 atom stereocenters. The molecule has 0 heterocycles. The van der Waals surface area contributed by atoms with Crippen LogP contribution in [0.5, 0.6) is 0 Å². The monoisotopic (exact) mass is 265 g/mol. The Morgan fingerprint density at radius 1 is 1.32 bits per heavy atom. The van der Waals surface area contributed by atoms with Crippen LogP contribution in [0, 0.1) is 17.2 Å². The number of nitrogens with zero attached hydrogens (tertiary/aromatic N) is 2. The van der Waals surface area contributed by atoms with E-state index >= 15 is 0 Å². The highest BCUT2D eigenvalue weighted by atomic mass is 15.1. The molecule has 3 nitrogen and oxygen atoms in total. The minimum atomic E-state index is -0.347. The SMILES string of the molecule is CCNC(C)(C#N)CCCN(C)CC1CCCCC1. The van der Waals surface area contributed by atoms with Crippen LogP contribution in [0.15, 0.2) is 0 Å². The van der Waals surface area contributed by atoms with Gasteiger partial charge in [0, 0.05) is 6.54 Å². The lowest BCUT2D eigenvalue weighted by Gasteiger charge is -2.28. The lowest BCUT2D eigenvalue weighted by Crippen LogP contribution is -2.41. The van der Waals surface area contributed by atoms with Crippen molar-refractivity contribution in [2.75, 3.05) is 26.7 Å². The Hall–Kier alpha value is -0.590. The highest BCUT2D eigenvalue weighted by molar-refractivity contribution is 5.03. The molecule has 110 valence electrons. The van der Waals surface area contributed by atoms with Crippen LogP contribution in [0.3, 0.4) is 0 Å². The zero-order chi connectivity index (χ0) is 14.1. The molecule has 3 heteroatoms. The Kier molecular flexibility index (Phi) is 7.41. The van der Waals surface area contributed by atoms with E-state index in [9.17, 15) is 5.26 Å². The Morgan fingerprint density at radius 3 is 2.58 bits per heavy atom. The van der Waals surface area contributed by atoms with E-state index in [1.165, 1.54) is 38.6 Å². The van der Waals surface area contributed by atoms with E-state index in [1.54, 1.807) is 0 Å². The molecule has 1 rings (SSSR count). The first-order valence-electron chi connectivity index (χ1n) is 7.94. The zero-order valence-electron chi connectivity index (χ0n) is 13.0. The summed E-state index contributed by atoms with van der Waals surface area (Å²) in [5.74, 6) is 0.912. The maximum absolute atomic E-state index is 9.22. The summed E-state index contributed by atoms with van der Waals surface area (Å²) in [6.07, 6.45) is 9.14. The molecule has 1 fully saturated rings. The van der Waals surface area contributed by atoms with Gasteiger partial charge < -0.3 is 4.90 Å². The van der Waals surface area contributed by atoms with Crippen LogP contribution in [-0.4, -0.2) is 37.1 Å². The molecule has 0 spiro atoms. The van der Waals surface area contributed by atoms with E-state index in [0.717, 1.165) is 31.8 Å². The van der Waals surface area contributed by atoms with Crippen molar-refractivity contribution in [2.24, 2.45) is 5.92 Å². The minimum absolute atomic E-state index is 0.347. The predicted octanol–water partition coefficient (Wildman–Crippen LogP) is 3.17. The minimum Gasteiger partial charge on any atom is -0.306 e. The molecule has 0 aliphatic heterocycles. The van der Waals surface area contributed by atoms with Gasteiger partial charge >= 0.3 is 0 Å². The normalized spacial score (nSPS) is 20.2. The van der Waals surface area contributed by atoms with E-state index in [1.807, 2.05) is 6.92 Å². The Morgan fingerprint density at radius 2 is 2.00 bits per heavy atom. The molecule has 1 saturated carbocycles. The molecule has 0 amide bonds. The first-order chi connectivity index (χ1) is 9.09. The summed E-state index contributed by atoms with van der Waals surface area (Å²) >= 11 is 0. The summed E-state index contributed by atoms with van der Waals surface area (Å²) in [6.45, 7) is 7.29. The number of hydrogen-bond acceptors (Lipinski definition) is 3. The first-order valence-corrected chi connectivity index (χ1v) is 7.94. The van der Waals surface area contributed by atoms with Gasteiger partial charge in [-0.3, -0.25) is 5.32 Å². The Bertz CT molecular complexity index is 278. The van der Waals surface area contributed by atoms with Gasteiger partial charge in [0.2, 0.25) is 0 Å². The van der Waals surface area contributed by atoms with Crippen LogP contribution in [0.25, 0.3) is 0 Å². The average Bonchev–Trinajstić information content (AvgIpc) is 2.40. The summed E-state index contributed by atoms with van der Waals surface area (Å²) < 4.78 is 0. The fourth-order valence-electron chi connectivity index (χ4n) is 3.18. The van der Waals surface area contributed by atoms with Crippen LogP contribution in [0.2, 0.25) is 0 Å². The number of nitrogens with one attached hydrogen (secondary N) is 1. The molecule has 0 radical (unpaired) electrons. The second-order valence-corrected chi connectivity index (χ2v) is 6.34. The highest BCUT2D eigenvalue weighted by Crippen LogP contribution is 2.24. The van der Waals surface area contributed by atoms with Crippen LogP contribution >= 0.6 is 0 Å². The van der Waals surface area contributed by atoms with Crippen molar-refractivity contribution in [1.82, 2.24) is 10.2 Å². The molecule has 1 aliphatic carbocycles. The number of rotatable bonds is 8. The van der Waals surface area contributed by atoms with E-state index < -0.39 is 0 Å². The highest BCUT2D eigenvalue weighted by Gasteiger charge is 2.22. The molecule has 0 bridgehead atoms. The molecule has 0 aromatic carbocycles. The molecule has 1 N–H and O–H groups in total. The summed E-state index contributed by atoms with van der Waals surface area (Å²) in [6, 6.07) is 2.40. The molecule has 1 unspecified atom stereocenters. The van der Waals surface area contributed by atoms with Gasteiger partial charge in [-0.1, -0.05) is 26.2 Å². The van der Waals surface area contributed by atoms with E-state index in [4.69, 9.17) is 0 Å².